The van der Waals surface area contributed by atoms with Crippen LogP contribution in [0, 0.1) is 5.41 Å². The Morgan fingerprint density at radius 1 is 1.12 bits per heavy atom. The van der Waals surface area contributed by atoms with Gasteiger partial charge in [0.15, 0.2) is 0 Å². The predicted octanol–water partition coefficient (Wildman–Crippen LogP) is 2.76. The molecule has 0 aromatic carbocycles. The Bertz CT molecular complexity index is 250. The summed E-state index contributed by atoms with van der Waals surface area (Å²) in [5.41, 5.74) is -1.08. The molecular formula is C11H20F3NO2. The molecule has 1 N–H and O–H groups in total. The highest BCUT2D eigenvalue weighted by molar-refractivity contribution is 5.74. The topological polar surface area (TPSA) is 40.5 Å². The summed E-state index contributed by atoms with van der Waals surface area (Å²) in [4.78, 5) is 12.3. The Morgan fingerprint density at radius 2 is 1.59 bits per heavy atom. The van der Waals surface area contributed by atoms with Crippen molar-refractivity contribution in [1.29, 1.82) is 0 Å². The molecule has 102 valence electrons. The van der Waals surface area contributed by atoms with Crippen LogP contribution in [0.5, 0.6) is 0 Å². The molecule has 0 aliphatic heterocycles. The van der Waals surface area contributed by atoms with Crippen molar-refractivity contribution in [2.45, 2.75) is 39.8 Å². The number of hydrogen-bond donors (Lipinski definition) is 1. The summed E-state index contributed by atoms with van der Waals surface area (Å²) >= 11 is 0. The van der Waals surface area contributed by atoms with Crippen LogP contribution >= 0.6 is 0 Å². The molecule has 17 heavy (non-hydrogen) atoms. The third-order valence-electron chi connectivity index (χ3n) is 3.18. The molecule has 0 aliphatic rings. The van der Waals surface area contributed by atoms with Crippen molar-refractivity contribution in [3.05, 3.63) is 0 Å². The fourth-order valence-corrected chi connectivity index (χ4v) is 1.80. The van der Waals surface area contributed by atoms with Gasteiger partial charge in [0, 0.05) is 6.54 Å². The van der Waals surface area contributed by atoms with Gasteiger partial charge >= 0.3 is 12.1 Å². The van der Waals surface area contributed by atoms with Gasteiger partial charge in [-0.25, -0.2) is 0 Å². The molecule has 0 saturated carbocycles. The van der Waals surface area contributed by atoms with E-state index in [2.05, 4.69) is 0 Å². The monoisotopic (exact) mass is 255 g/mol. The molecule has 0 rings (SSSR count). The molecule has 0 fully saturated rings. The predicted molar refractivity (Wildman–Crippen MR) is 58.8 cm³/mol. The lowest BCUT2D eigenvalue weighted by atomic mass is 9.82. The molecule has 6 heteroatoms. The minimum absolute atomic E-state index is 0.0641. The van der Waals surface area contributed by atoms with Gasteiger partial charge in [0.25, 0.3) is 0 Å². The largest absolute Gasteiger partial charge is 0.481 e. The number of hydrogen-bond acceptors (Lipinski definition) is 2. The lowest BCUT2D eigenvalue weighted by Gasteiger charge is -2.33. The minimum atomic E-state index is -4.29. The molecule has 0 heterocycles. The molecule has 0 aromatic rings. The van der Waals surface area contributed by atoms with Crippen LogP contribution in [-0.2, 0) is 4.79 Å². The van der Waals surface area contributed by atoms with Crippen molar-refractivity contribution in [3.63, 3.8) is 0 Å². The van der Waals surface area contributed by atoms with E-state index in [-0.39, 0.29) is 13.1 Å². The standard InChI is InChI=1S/C11H20F3NO2/c1-4-10(5-2,9(16)17)7-15(6-3)8-11(12,13)14/h4-8H2,1-3H3,(H,16,17). The number of carboxylic acids is 1. The summed E-state index contributed by atoms with van der Waals surface area (Å²) in [5, 5.41) is 9.16. The molecule has 0 unspecified atom stereocenters. The third kappa shape index (κ3) is 4.93. The Morgan fingerprint density at radius 3 is 1.82 bits per heavy atom. The summed E-state index contributed by atoms with van der Waals surface area (Å²) in [7, 11) is 0. The summed E-state index contributed by atoms with van der Waals surface area (Å²) in [6.45, 7) is 4.06. The average Bonchev–Trinajstić information content (AvgIpc) is 2.22. The zero-order chi connectivity index (χ0) is 13.7. The van der Waals surface area contributed by atoms with E-state index >= 15 is 0 Å². The maximum Gasteiger partial charge on any atom is 0.401 e. The first-order valence-corrected chi connectivity index (χ1v) is 5.73. The van der Waals surface area contributed by atoms with Gasteiger partial charge < -0.3 is 5.11 Å². The molecule has 0 spiro atoms. The Balaban J connectivity index is 4.78. The first-order chi connectivity index (χ1) is 7.70. The molecule has 0 atom stereocenters. The molecule has 0 bridgehead atoms. The quantitative estimate of drug-likeness (QED) is 0.760. The van der Waals surface area contributed by atoms with Crippen molar-refractivity contribution in [1.82, 2.24) is 4.90 Å². The van der Waals surface area contributed by atoms with Gasteiger partial charge in [-0.05, 0) is 19.4 Å². The second kappa shape index (κ2) is 6.23. The van der Waals surface area contributed by atoms with Crippen LogP contribution in [0.15, 0.2) is 0 Å². The fourth-order valence-electron chi connectivity index (χ4n) is 1.80. The van der Waals surface area contributed by atoms with Gasteiger partial charge in [0.2, 0.25) is 0 Å². The molecule has 0 aliphatic carbocycles. The number of halogens is 3. The van der Waals surface area contributed by atoms with Crippen molar-refractivity contribution < 1.29 is 23.1 Å². The first kappa shape index (κ1) is 16.2. The van der Waals surface area contributed by atoms with Crippen LogP contribution < -0.4 is 0 Å². The Kier molecular flexibility index (Phi) is 5.95. The van der Waals surface area contributed by atoms with E-state index in [1.165, 1.54) is 0 Å². The summed E-state index contributed by atoms with van der Waals surface area (Å²) in [6.07, 6.45) is -3.64. The molecule has 3 nitrogen and oxygen atoms in total. The number of carboxylic acid groups (broad SMARTS) is 1. The van der Waals surface area contributed by atoms with Gasteiger partial charge in [0.1, 0.15) is 0 Å². The fraction of sp³-hybridized carbons (Fsp3) is 0.909. The van der Waals surface area contributed by atoms with Crippen molar-refractivity contribution in [3.8, 4) is 0 Å². The highest BCUT2D eigenvalue weighted by Crippen LogP contribution is 2.29. The van der Waals surface area contributed by atoms with Gasteiger partial charge in [-0.3, -0.25) is 9.69 Å². The second-order valence-electron chi connectivity index (χ2n) is 4.21. The van der Waals surface area contributed by atoms with Crippen LogP contribution in [0.4, 0.5) is 13.2 Å². The minimum Gasteiger partial charge on any atom is -0.481 e. The van der Waals surface area contributed by atoms with E-state index in [0.29, 0.717) is 12.8 Å². The molecule has 0 saturated heterocycles. The molecular weight excluding hydrogens is 235 g/mol. The Hall–Kier alpha value is -0.780. The van der Waals surface area contributed by atoms with Gasteiger partial charge in [0.05, 0.1) is 12.0 Å². The zero-order valence-electron chi connectivity index (χ0n) is 10.5. The SMILES string of the molecule is CCN(CC(F)(F)F)CC(CC)(CC)C(=O)O. The highest BCUT2D eigenvalue weighted by atomic mass is 19.4. The van der Waals surface area contributed by atoms with Crippen LogP contribution in [0.1, 0.15) is 33.6 Å². The maximum absolute atomic E-state index is 12.3. The number of aliphatic carboxylic acids is 1. The second-order valence-corrected chi connectivity index (χ2v) is 4.21. The number of nitrogens with zero attached hydrogens (tertiary/aromatic N) is 1. The van der Waals surface area contributed by atoms with Crippen LogP contribution in [0.25, 0.3) is 0 Å². The number of carbonyl (C=O) groups is 1. The van der Waals surface area contributed by atoms with Gasteiger partial charge in [-0.2, -0.15) is 13.2 Å². The lowest BCUT2D eigenvalue weighted by molar-refractivity contribution is -0.161. The lowest BCUT2D eigenvalue weighted by Crippen LogP contribution is -2.45. The van der Waals surface area contributed by atoms with E-state index < -0.39 is 24.1 Å². The Labute approximate surface area is 99.6 Å². The van der Waals surface area contributed by atoms with E-state index in [1.54, 1.807) is 20.8 Å². The zero-order valence-corrected chi connectivity index (χ0v) is 10.5. The van der Waals surface area contributed by atoms with E-state index in [0.717, 1.165) is 4.90 Å². The summed E-state index contributed by atoms with van der Waals surface area (Å²) in [6, 6.07) is 0. The highest BCUT2D eigenvalue weighted by Gasteiger charge is 2.39. The van der Waals surface area contributed by atoms with Gasteiger partial charge in [-0.15, -0.1) is 0 Å². The van der Waals surface area contributed by atoms with Crippen LogP contribution in [0.2, 0.25) is 0 Å². The maximum atomic E-state index is 12.3. The van der Waals surface area contributed by atoms with Gasteiger partial charge in [-0.1, -0.05) is 20.8 Å². The first-order valence-electron chi connectivity index (χ1n) is 5.73. The van der Waals surface area contributed by atoms with Crippen molar-refractivity contribution in [2.75, 3.05) is 19.6 Å². The third-order valence-corrected chi connectivity index (χ3v) is 3.18. The number of rotatable bonds is 7. The summed E-state index contributed by atoms with van der Waals surface area (Å²) < 4.78 is 36.9. The molecule has 0 amide bonds. The van der Waals surface area contributed by atoms with Crippen molar-refractivity contribution in [2.24, 2.45) is 5.41 Å². The molecule has 0 aromatic heterocycles. The number of alkyl halides is 3. The van der Waals surface area contributed by atoms with E-state index in [1.807, 2.05) is 0 Å². The van der Waals surface area contributed by atoms with Crippen molar-refractivity contribution >= 4 is 5.97 Å². The smallest absolute Gasteiger partial charge is 0.401 e. The van der Waals surface area contributed by atoms with Crippen LogP contribution in [0.3, 0.4) is 0 Å². The van der Waals surface area contributed by atoms with E-state index in [9.17, 15) is 18.0 Å². The average molecular weight is 255 g/mol. The van der Waals surface area contributed by atoms with E-state index in [4.69, 9.17) is 5.11 Å². The van der Waals surface area contributed by atoms with Crippen LogP contribution in [-0.4, -0.2) is 41.8 Å². The summed E-state index contributed by atoms with van der Waals surface area (Å²) in [5.74, 6) is -1.02. The molecule has 0 radical (unpaired) electrons. The normalized spacial score (nSPS) is 13.1.